The topological polar surface area (TPSA) is 86.3 Å². The summed E-state index contributed by atoms with van der Waals surface area (Å²) in [5.41, 5.74) is 0. The maximum atomic E-state index is 6.85. The van der Waals surface area contributed by atoms with Crippen molar-refractivity contribution in [1.29, 1.82) is 0 Å². The molecule has 0 N–H and O–H groups in total. The maximum absolute atomic E-state index is 6.85. The Labute approximate surface area is 254 Å². The van der Waals surface area contributed by atoms with Crippen molar-refractivity contribution in [2.75, 3.05) is 59.5 Å². The van der Waals surface area contributed by atoms with E-state index in [1.165, 1.54) is 0 Å². The van der Waals surface area contributed by atoms with Crippen LogP contribution in [0.4, 0.5) is 0 Å². The molecule has 10 nitrogen and oxygen atoms in total. The van der Waals surface area contributed by atoms with E-state index >= 15 is 0 Å². The highest BCUT2D eigenvalue weighted by Crippen LogP contribution is 2.49. The lowest BCUT2D eigenvalue weighted by molar-refractivity contribution is -0.448. The van der Waals surface area contributed by atoms with Crippen LogP contribution in [0.1, 0.15) is 83.1 Å². The molecule has 3 atom stereocenters. The van der Waals surface area contributed by atoms with Crippen LogP contribution in [0.25, 0.3) is 0 Å². The van der Waals surface area contributed by atoms with E-state index in [0.29, 0.717) is 90.2 Å². The van der Waals surface area contributed by atoms with Gasteiger partial charge in [-0.2, -0.15) is 0 Å². The maximum Gasteiger partial charge on any atom is 0.204 e. The molecule has 0 amide bonds. The van der Waals surface area contributed by atoms with Crippen LogP contribution in [0.2, 0.25) is 0 Å². The van der Waals surface area contributed by atoms with Gasteiger partial charge in [-0.05, 0) is 83.1 Å². The Morgan fingerprint density at radius 3 is 0.625 bits per heavy atom. The molecular formula is C27H63NO9Si3. The van der Waals surface area contributed by atoms with Crippen LogP contribution in [0.5, 0.6) is 0 Å². The predicted octanol–water partition coefficient (Wildman–Crippen LogP) is 0.823. The van der Waals surface area contributed by atoms with E-state index in [4.69, 9.17) is 42.6 Å². The zero-order chi connectivity index (χ0) is 31.3. The molecule has 0 saturated heterocycles. The summed E-state index contributed by atoms with van der Waals surface area (Å²) < 4.78 is 59.4. The van der Waals surface area contributed by atoms with E-state index in [2.05, 4.69) is 4.90 Å². The van der Waals surface area contributed by atoms with Crippen molar-refractivity contribution in [2.45, 2.75) is 116 Å². The molecule has 0 rings (SSSR count). The zero-order valence-corrected chi connectivity index (χ0v) is 34.5. The molecule has 0 bridgehead atoms. The quantitative estimate of drug-likeness (QED) is 0.113. The van der Waals surface area contributed by atoms with Gasteiger partial charge in [-0.25, -0.2) is 4.90 Å². The minimum absolute atomic E-state index is 0.392. The van der Waals surface area contributed by atoms with Gasteiger partial charge < -0.3 is 42.6 Å². The van der Waals surface area contributed by atoms with Gasteiger partial charge in [0.15, 0.2) is 16.0 Å². The normalized spacial score (nSPS) is 18.2. The van der Waals surface area contributed by atoms with Crippen LogP contribution in [-0.2, 0) is 42.6 Å². The fraction of sp³-hybridized carbons (Fsp3) is 1.00. The molecule has 3 unspecified atom stereocenters. The highest BCUT2D eigenvalue weighted by atomic mass is 28.2. The van der Waals surface area contributed by atoms with Crippen molar-refractivity contribution in [3.8, 4) is 0 Å². The highest BCUT2D eigenvalue weighted by Gasteiger charge is 2.71. The summed E-state index contributed by atoms with van der Waals surface area (Å²) >= 11 is 0. The molecule has 0 saturated carbocycles. The minimum Gasteiger partial charge on any atom is -0.359 e. The largest absolute Gasteiger partial charge is 0.359 e. The molecule has 0 aliphatic heterocycles. The average molecular weight is 630 g/mol. The lowest BCUT2D eigenvalue weighted by atomic mass is 10.1. The van der Waals surface area contributed by atoms with Crippen LogP contribution in [-0.4, -0.2) is 128 Å². The second-order valence-corrected chi connectivity index (χ2v) is 14.1. The van der Waals surface area contributed by atoms with Crippen molar-refractivity contribution in [2.24, 2.45) is 0 Å². The van der Waals surface area contributed by atoms with Gasteiger partial charge in [0.1, 0.15) is 0 Å². The van der Waals surface area contributed by atoms with Crippen LogP contribution >= 0.6 is 0 Å². The number of hydrogen-bond acceptors (Lipinski definition) is 10. The van der Waals surface area contributed by atoms with Gasteiger partial charge >= 0.3 is 0 Å². The van der Waals surface area contributed by atoms with Crippen LogP contribution < -0.4 is 0 Å². The molecule has 0 aliphatic carbocycles. The Kier molecular flexibility index (Phi) is 17.6. The lowest BCUT2D eigenvalue weighted by Crippen LogP contribution is -2.87. The van der Waals surface area contributed by atoms with Crippen molar-refractivity contribution in [1.82, 2.24) is 4.90 Å². The molecule has 40 heavy (non-hydrogen) atoms. The van der Waals surface area contributed by atoms with Crippen molar-refractivity contribution in [3.63, 3.8) is 0 Å². The average Bonchev–Trinajstić information content (AvgIpc) is 2.85. The number of nitrogens with zero attached hydrogens (tertiary/aromatic N) is 1. The van der Waals surface area contributed by atoms with Crippen molar-refractivity contribution >= 4 is 30.7 Å². The molecule has 242 valence electrons. The molecule has 0 aromatic heterocycles. The molecule has 13 heteroatoms. The van der Waals surface area contributed by atoms with E-state index in [9.17, 15) is 0 Å². The summed E-state index contributed by atoms with van der Waals surface area (Å²) in [6.07, 6.45) is 0. The Hall–Kier alpha value is 0.251. The van der Waals surface area contributed by atoms with Crippen LogP contribution in [0.15, 0.2) is 0 Å². The molecule has 0 radical (unpaired) electrons. The Balaban J connectivity index is 8.37. The molecule has 0 aromatic rings. The second-order valence-electron chi connectivity index (χ2n) is 10.0. The van der Waals surface area contributed by atoms with Crippen molar-refractivity contribution in [3.05, 3.63) is 0 Å². The first-order valence-electron chi connectivity index (χ1n) is 15.2. The van der Waals surface area contributed by atoms with Gasteiger partial charge in [0.25, 0.3) is 0 Å². The standard InChI is InChI=1S/C27H63NO9Si3/c1-13-29-22(10,30-14-2)25(38,35-19-7)28(26(39,36-20-8)23(11,31-15-3)32-16-4)27(40,37-21-9)24(12,33-17-5)34-18-6/h13-21H2,1-12,38-40H3. The van der Waals surface area contributed by atoms with Crippen LogP contribution in [0, 0.1) is 0 Å². The van der Waals surface area contributed by atoms with Gasteiger partial charge in [0.2, 0.25) is 17.4 Å². The number of rotatable bonds is 24. The third kappa shape index (κ3) is 8.04. The molecule has 0 aromatic carbocycles. The molecule has 0 aliphatic rings. The Bertz CT molecular complexity index is 602. The van der Waals surface area contributed by atoms with E-state index in [1.54, 1.807) is 0 Å². The van der Waals surface area contributed by atoms with Gasteiger partial charge in [0, 0.05) is 59.5 Å². The third-order valence-electron chi connectivity index (χ3n) is 7.60. The second kappa shape index (κ2) is 17.5. The first-order chi connectivity index (χ1) is 18.7. The molecule has 0 spiro atoms. The molecule has 0 heterocycles. The van der Waals surface area contributed by atoms with E-state index in [-0.39, 0.29) is 0 Å². The monoisotopic (exact) mass is 629 g/mol. The molecular weight excluding hydrogens is 567 g/mol. The number of hydrogen-bond donors (Lipinski definition) is 0. The van der Waals surface area contributed by atoms with E-state index in [0.717, 1.165) is 0 Å². The smallest absolute Gasteiger partial charge is 0.204 e. The van der Waals surface area contributed by atoms with Gasteiger partial charge in [-0.1, -0.05) is 0 Å². The summed E-state index contributed by atoms with van der Waals surface area (Å²) in [5, 5.41) is -3.52. The number of ether oxygens (including phenoxy) is 9. The third-order valence-corrected chi connectivity index (χ3v) is 12.5. The lowest BCUT2D eigenvalue weighted by Gasteiger charge is -2.66. The fourth-order valence-electron chi connectivity index (χ4n) is 5.84. The summed E-state index contributed by atoms with van der Waals surface area (Å²) in [6.45, 7) is 27.1. The van der Waals surface area contributed by atoms with Gasteiger partial charge in [-0.3, -0.25) is 0 Å². The summed E-state index contributed by atoms with van der Waals surface area (Å²) in [7, 11) is 1.27. The van der Waals surface area contributed by atoms with Crippen LogP contribution in [0.3, 0.4) is 0 Å². The van der Waals surface area contributed by atoms with Crippen molar-refractivity contribution < 1.29 is 42.6 Å². The summed E-state index contributed by atoms with van der Waals surface area (Å²) in [6, 6.07) is 0. The summed E-state index contributed by atoms with van der Waals surface area (Å²) in [5.74, 6) is -3.63. The van der Waals surface area contributed by atoms with E-state index in [1.807, 2.05) is 83.1 Å². The Morgan fingerprint density at radius 2 is 0.500 bits per heavy atom. The van der Waals surface area contributed by atoms with E-state index < -0.39 is 33.4 Å². The SMILES string of the molecule is CCOC(C)(OCC)C([SiH3])(OCC)N(C([SiH3])(OCC)C(C)(OCC)OCC)C([SiH3])(OCC)C(C)(OCC)OCC. The zero-order valence-electron chi connectivity index (χ0n) is 28.5. The minimum atomic E-state index is -1.21. The van der Waals surface area contributed by atoms with Gasteiger partial charge in [-0.15, -0.1) is 0 Å². The predicted molar refractivity (Wildman–Crippen MR) is 170 cm³/mol. The first-order valence-corrected chi connectivity index (χ1v) is 18.2. The van der Waals surface area contributed by atoms with Gasteiger partial charge in [0.05, 0.1) is 30.7 Å². The Morgan fingerprint density at radius 1 is 0.350 bits per heavy atom. The summed E-state index contributed by atoms with van der Waals surface area (Å²) in [4.78, 5) is 2.15. The fourth-order valence-corrected chi connectivity index (χ4v) is 11.5. The first kappa shape index (κ1) is 40.3. The highest BCUT2D eigenvalue weighted by molar-refractivity contribution is 6.21. The molecule has 0 fully saturated rings.